The van der Waals surface area contributed by atoms with Crippen LogP contribution in [0.1, 0.15) is 19.8 Å². The molecule has 112 valence electrons. The summed E-state index contributed by atoms with van der Waals surface area (Å²) in [5.41, 5.74) is 0. The summed E-state index contributed by atoms with van der Waals surface area (Å²) in [7, 11) is -5.54. The molecule has 0 aromatic heterocycles. The van der Waals surface area contributed by atoms with Crippen LogP contribution in [0.2, 0.25) is 0 Å². The third-order valence-corrected chi connectivity index (χ3v) is 2.99. The molecule has 5 nitrogen and oxygen atoms in total. The second-order valence-corrected chi connectivity index (χ2v) is 4.97. The van der Waals surface area contributed by atoms with Gasteiger partial charge in [-0.2, -0.15) is 17.2 Å². The van der Waals surface area contributed by atoms with Crippen LogP contribution in [0.3, 0.4) is 0 Å². The molecule has 1 N–H and O–H groups in total. The van der Waals surface area contributed by atoms with Crippen molar-refractivity contribution < 1.29 is 40.1 Å². The molecule has 0 aliphatic rings. The minimum Gasteiger partial charge on any atom is -0.420 e. The van der Waals surface area contributed by atoms with Crippen molar-refractivity contribution in [2.75, 3.05) is 0 Å². The maximum absolute atomic E-state index is 13.4. The molecule has 1 aromatic rings. The summed E-state index contributed by atoms with van der Waals surface area (Å²) in [6.07, 6.45) is -0.0295. The van der Waals surface area contributed by atoms with Crippen molar-refractivity contribution in [3.05, 3.63) is 23.3 Å². The van der Waals surface area contributed by atoms with Gasteiger partial charge in [0.1, 0.15) is 0 Å². The SMILES string of the molecule is CCCC(=O)Oc1c(F)c(F)c(S(=O)(=O)O)c(F)c1F. The Morgan fingerprint density at radius 1 is 1.10 bits per heavy atom. The summed E-state index contributed by atoms with van der Waals surface area (Å²) in [5, 5.41) is 0. The lowest BCUT2D eigenvalue weighted by Gasteiger charge is -2.10. The van der Waals surface area contributed by atoms with Crippen LogP contribution in [-0.4, -0.2) is 18.9 Å². The summed E-state index contributed by atoms with van der Waals surface area (Å²) in [6, 6.07) is 0. The first-order valence-electron chi connectivity index (χ1n) is 5.15. The van der Waals surface area contributed by atoms with Crippen molar-refractivity contribution in [1.29, 1.82) is 0 Å². The maximum atomic E-state index is 13.4. The molecule has 0 atom stereocenters. The van der Waals surface area contributed by atoms with E-state index >= 15 is 0 Å². The largest absolute Gasteiger partial charge is 0.420 e. The predicted molar refractivity (Wildman–Crippen MR) is 56.6 cm³/mol. The van der Waals surface area contributed by atoms with Crippen molar-refractivity contribution in [3.63, 3.8) is 0 Å². The van der Waals surface area contributed by atoms with Crippen molar-refractivity contribution in [2.45, 2.75) is 24.7 Å². The zero-order valence-electron chi connectivity index (χ0n) is 9.91. The summed E-state index contributed by atoms with van der Waals surface area (Å²) < 4.78 is 87.4. The van der Waals surface area contributed by atoms with E-state index < -0.39 is 50.0 Å². The van der Waals surface area contributed by atoms with Crippen molar-refractivity contribution in [3.8, 4) is 5.75 Å². The fraction of sp³-hybridized carbons (Fsp3) is 0.300. The van der Waals surface area contributed by atoms with Gasteiger partial charge in [0.25, 0.3) is 0 Å². The zero-order chi connectivity index (χ0) is 15.7. The Morgan fingerprint density at radius 2 is 1.55 bits per heavy atom. The second-order valence-electron chi connectivity index (χ2n) is 3.61. The smallest absolute Gasteiger partial charge is 0.311 e. The number of hydrogen-bond acceptors (Lipinski definition) is 4. The number of rotatable bonds is 4. The molecule has 0 aliphatic heterocycles. The minimum atomic E-state index is -5.54. The minimum absolute atomic E-state index is 0.246. The Bertz CT molecular complexity index is 627. The number of carbonyl (C=O) groups is 1. The monoisotopic (exact) mass is 316 g/mol. The molecule has 0 aliphatic carbocycles. The molecular formula is C10H8F4O5S. The van der Waals surface area contributed by atoms with Gasteiger partial charge < -0.3 is 4.74 Å². The van der Waals surface area contributed by atoms with Crippen molar-refractivity contribution >= 4 is 16.1 Å². The highest BCUT2D eigenvalue weighted by Crippen LogP contribution is 2.32. The molecule has 1 rings (SSSR count). The van der Waals surface area contributed by atoms with E-state index in [4.69, 9.17) is 4.55 Å². The number of hydrogen-bond donors (Lipinski definition) is 1. The molecule has 10 heteroatoms. The fourth-order valence-corrected chi connectivity index (χ4v) is 1.91. The Hall–Kier alpha value is -1.68. The lowest BCUT2D eigenvalue weighted by Crippen LogP contribution is -2.15. The third kappa shape index (κ3) is 3.07. The normalized spacial score (nSPS) is 11.5. The lowest BCUT2D eigenvalue weighted by atomic mass is 10.3. The van der Waals surface area contributed by atoms with Gasteiger partial charge in [-0.15, -0.1) is 0 Å². The molecule has 0 unspecified atom stereocenters. The molecule has 0 saturated heterocycles. The zero-order valence-corrected chi connectivity index (χ0v) is 10.7. The highest BCUT2D eigenvalue weighted by Gasteiger charge is 2.33. The van der Waals surface area contributed by atoms with Gasteiger partial charge in [-0.3, -0.25) is 9.35 Å². The average molecular weight is 316 g/mol. The summed E-state index contributed by atoms with van der Waals surface area (Å²) in [4.78, 5) is 8.86. The van der Waals surface area contributed by atoms with Crippen LogP contribution < -0.4 is 4.74 Å². The van der Waals surface area contributed by atoms with E-state index in [1.165, 1.54) is 6.92 Å². The first kappa shape index (κ1) is 16.4. The Kier molecular flexibility index (Phi) is 4.71. The average Bonchev–Trinajstić information content (AvgIpc) is 2.31. The first-order chi connectivity index (χ1) is 9.11. The summed E-state index contributed by atoms with van der Waals surface area (Å²) in [5.74, 6) is -12.1. The number of esters is 1. The first-order valence-corrected chi connectivity index (χ1v) is 6.59. The highest BCUT2D eigenvalue weighted by atomic mass is 32.2. The maximum Gasteiger partial charge on any atom is 0.311 e. The van der Waals surface area contributed by atoms with Gasteiger partial charge in [-0.1, -0.05) is 6.92 Å². The van der Waals surface area contributed by atoms with E-state index in [2.05, 4.69) is 4.74 Å². The molecule has 0 heterocycles. The standard InChI is InChI=1S/C10H8F4O5S/c1-2-3-4(15)19-9-5(11)7(13)10(20(16,17)18)8(14)6(9)12/h2-3H2,1H3,(H,16,17,18). The van der Waals surface area contributed by atoms with Crippen LogP contribution in [0.4, 0.5) is 17.6 Å². The lowest BCUT2D eigenvalue weighted by molar-refractivity contribution is -0.134. The molecule has 1 aromatic carbocycles. The third-order valence-electron chi connectivity index (χ3n) is 2.11. The second kappa shape index (κ2) is 5.75. The van der Waals surface area contributed by atoms with E-state index in [-0.39, 0.29) is 12.8 Å². The summed E-state index contributed by atoms with van der Waals surface area (Å²) in [6.45, 7) is 1.54. The molecule has 0 spiro atoms. The van der Waals surface area contributed by atoms with Crippen LogP contribution in [0, 0.1) is 23.3 Å². The van der Waals surface area contributed by atoms with Crippen LogP contribution in [-0.2, 0) is 14.9 Å². The highest BCUT2D eigenvalue weighted by molar-refractivity contribution is 7.85. The van der Waals surface area contributed by atoms with Gasteiger partial charge in [0, 0.05) is 6.42 Å². The Balaban J connectivity index is 3.49. The fourth-order valence-electron chi connectivity index (χ4n) is 1.28. The van der Waals surface area contributed by atoms with E-state index in [9.17, 15) is 30.8 Å². The van der Waals surface area contributed by atoms with E-state index in [0.29, 0.717) is 0 Å². The molecule has 0 bridgehead atoms. The van der Waals surface area contributed by atoms with E-state index in [1.54, 1.807) is 0 Å². The Labute approximate surface area is 110 Å². The van der Waals surface area contributed by atoms with E-state index in [1.807, 2.05) is 0 Å². The Morgan fingerprint density at radius 3 is 1.90 bits per heavy atom. The van der Waals surface area contributed by atoms with Crippen LogP contribution in [0.5, 0.6) is 5.75 Å². The molecule has 0 saturated carbocycles. The molecular weight excluding hydrogens is 308 g/mol. The number of carbonyl (C=O) groups excluding carboxylic acids is 1. The van der Waals surface area contributed by atoms with Gasteiger partial charge in [0.15, 0.2) is 16.5 Å². The molecule has 0 amide bonds. The van der Waals surface area contributed by atoms with Gasteiger partial charge in [-0.05, 0) is 6.42 Å². The topological polar surface area (TPSA) is 80.7 Å². The molecule has 0 radical (unpaired) electrons. The number of halogens is 4. The predicted octanol–water partition coefficient (Wildman–Crippen LogP) is 2.20. The van der Waals surface area contributed by atoms with Gasteiger partial charge in [-0.25, -0.2) is 8.78 Å². The van der Waals surface area contributed by atoms with Crippen molar-refractivity contribution in [1.82, 2.24) is 0 Å². The van der Waals surface area contributed by atoms with Crippen molar-refractivity contribution in [2.24, 2.45) is 0 Å². The quantitative estimate of drug-likeness (QED) is 0.303. The van der Waals surface area contributed by atoms with Gasteiger partial charge in [0.2, 0.25) is 17.4 Å². The molecule has 20 heavy (non-hydrogen) atoms. The van der Waals surface area contributed by atoms with Crippen LogP contribution in [0.15, 0.2) is 4.90 Å². The van der Waals surface area contributed by atoms with Gasteiger partial charge >= 0.3 is 16.1 Å². The van der Waals surface area contributed by atoms with Crippen LogP contribution in [0.25, 0.3) is 0 Å². The summed E-state index contributed by atoms with van der Waals surface area (Å²) >= 11 is 0. The van der Waals surface area contributed by atoms with Gasteiger partial charge in [0.05, 0.1) is 0 Å². The van der Waals surface area contributed by atoms with Crippen LogP contribution >= 0.6 is 0 Å². The number of benzene rings is 1. The molecule has 0 fully saturated rings. The number of ether oxygens (including phenoxy) is 1. The van der Waals surface area contributed by atoms with E-state index in [0.717, 1.165) is 0 Å².